The van der Waals surface area contributed by atoms with E-state index in [0.29, 0.717) is 5.75 Å². The number of rotatable bonds is 7. The minimum atomic E-state index is -1.23. The zero-order valence-corrected chi connectivity index (χ0v) is 14.0. The molecule has 82 valence electrons. The second kappa shape index (κ2) is 11.8. The van der Waals surface area contributed by atoms with E-state index in [1.54, 1.807) is 10.8 Å². The molecule has 15 heavy (non-hydrogen) atoms. The molecule has 0 aromatic carbocycles. The third-order valence-electron chi connectivity index (χ3n) is 1.27. The van der Waals surface area contributed by atoms with Gasteiger partial charge in [0.15, 0.2) is 0 Å². The number of carboxylic acid groups (broad SMARTS) is 1. The van der Waals surface area contributed by atoms with Gasteiger partial charge in [0.25, 0.3) is 0 Å². The van der Waals surface area contributed by atoms with Crippen molar-refractivity contribution < 1.29 is 66.1 Å². The van der Waals surface area contributed by atoms with Crippen LogP contribution in [0.25, 0.3) is 0 Å². The van der Waals surface area contributed by atoms with Gasteiger partial charge in [-0.2, -0.15) is 0 Å². The van der Waals surface area contributed by atoms with Crippen LogP contribution in [0, 0.1) is 0 Å². The van der Waals surface area contributed by atoms with Gasteiger partial charge in [-0.05, 0) is 6.42 Å². The summed E-state index contributed by atoms with van der Waals surface area (Å²) in [4.78, 5) is 21.2. The van der Waals surface area contributed by atoms with Gasteiger partial charge in [-0.15, -0.1) is 0 Å². The summed E-state index contributed by atoms with van der Waals surface area (Å²) in [7, 11) is 3.04. The maximum absolute atomic E-state index is 10.6. The van der Waals surface area contributed by atoms with Crippen molar-refractivity contribution in [1.82, 2.24) is 5.32 Å². The van der Waals surface area contributed by atoms with Gasteiger partial charge < -0.3 is 15.2 Å². The summed E-state index contributed by atoms with van der Waals surface area (Å²) in [5, 5.41) is 12.9. The number of hydrogen-bond donors (Lipinski definition) is 1. The van der Waals surface area contributed by atoms with Crippen LogP contribution in [0.15, 0.2) is 0 Å². The van der Waals surface area contributed by atoms with Crippen LogP contribution in [0.5, 0.6) is 0 Å². The molecule has 0 saturated carbocycles. The molecule has 0 bridgehead atoms. The molecule has 0 aliphatic carbocycles. The quantitative estimate of drug-likeness (QED) is 0.305. The molecule has 0 aliphatic rings. The maximum atomic E-state index is 10.6. The van der Waals surface area contributed by atoms with Crippen LogP contribution < -0.4 is 61.8 Å². The number of carboxylic acids is 1. The van der Waals surface area contributed by atoms with Crippen LogP contribution in [0.1, 0.15) is 20.3 Å². The van der Waals surface area contributed by atoms with E-state index in [0.717, 1.165) is 12.2 Å². The summed E-state index contributed by atoms with van der Waals surface area (Å²) in [6, 6.07) is -0.887. The smallest absolute Gasteiger partial charge is 0.548 e. The normalized spacial score (nSPS) is 11.3. The summed E-state index contributed by atoms with van der Waals surface area (Å²) in [5.41, 5.74) is 0. The fourth-order valence-corrected chi connectivity index (χ4v) is 2.96. The molecule has 0 heterocycles. The first-order chi connectivity index (χ1) is 6.57. The Morgan fingerprint density at radius 3 is 2.40 bits per heavy atom. The monoisotopic (exact) mass is 275 g/mol. The molecule has 0 aromatic heterocycles. The largest absolute Gasteiger partial charge is 1.00 e. The predicted octanol–water partition coefficient (Wildman–Crippen LogP) is -2.96. The van der Waals surface area contributed by atoms with Gasteiger partial charge in [-0.1, -0.05) is 28.5 Å². The van der Waals surface area contributed by atoms with Gasteiger partial charge in [-0.25, -0.2) is 0 Å². The van der Waals surface area contributed by atoms with Gasteiger partial charge in [0.1, 0.15) is 0 Å². The van der Waals surface area contributed by atoms with Crippen molar-refractivity contribution >= 4 is 33.5 Å². The number of nitrogens with one attached hydrogen (secondary N) is 1. The van der Waals surface area contributed by atoms with E-state index in [9.17, 15) is 14.7 Å². The van der Waals surface area contributed by atoms with Crippen molar-refractivity contribution in [3.63, 3.8) is 0 Å². The zero-order valence-electron chi connectivity index (χ0n) is 9.24. The SMILES string of the molecule is CCCSSC[C@H](NC(C)=O)C(=O)[O-].[K+]. The number of amides is 1. The topological polar surface area (TPSA) is 69.2 Å². The molecular formula is C8H14KNO3S2. The fourth-order valence-electron chi connectivity index (χ4n) is 0.672. The van der Waals surface area contributed by atoms with Crippen LogP contribution in [0.3, 0.4) is 0 Å². The molecular weight excluding hydrogens is 261 g/mol. The Morgan fingerprint density at radius 2 is 2.00 bits per heavy atom. The van der Waals surface area contributed by atoms with E-state index in [1.165, 1.54) is 17.7 Å². The van der Waals surface area contributed by atoms with Gasteiger partial charge in [-0.3, -0.25) is 4.79 Å². The number of carbonyl (C=O) groups excluding carboxylic acids is 2. The average molecular weight is 275 g/mol. The third kappa shape index (κ3) is 11.5. The van der Waals surface area contributed by atoms with E-state index in [4.69, 9.17) is 0 Å². The molecule has 0 spiro atoms. The Morgan fingerprint density at radius 1 is 1.40 bits per heavy atom. The first-order valence-corrected chi connectivity index (χ1v) is 6.79. The molecule has 0 fully saturated rings. The molecule has 0 unspecified atom stereocenters. The molecule has 1 atom stereocenters. The van der Waals surface area contributed by atoms with Crippen LogP contribution in [-0.4, -0.2) is 29.4 Å². The fraction of sp³-hybridized carbons (Fsp3) is 0.750. The van der Waals surface area contributed by atoms with E-state index >= 15 is 0 Å². The van der Waals surface area contributed by atoms with E-state index in [2.05, 4.69) is 12.2 Å². The Kier molecular flexibility index (Phi) is 14.6. The van der Waals surface area contributed by atoms with Crippen molar-refractivity contribution in [3.8, 4) is 0 Å². The second-order valence-corrected chi connectivity index (χ2v) is 5.31. The minimum absolute atomic E-state index is 0. The molecule has 0 saturated heterocycles. The Hall–Kier alpha value is 1.28. The zero-order chi connectivity index (χ0) is 11.0. The van der Waals surface area contributed by atoms with Crippen LogP contribution in [0.2, 0.25) is 0 Å². The molecule has 0 aromatic rings. The van der Waals surface area contributed by atoms with E-state index in [-0.39, 0.29) is 57.3 Å². The van der Waals surface area contributed by atoms with Crippen LogP contribution in [0.4, 0.5) is 0 Å². The first-order valence-electron chi connectivity index (χ1n) is 4.30. The molecule has 0 rings (SSSR count). The first kappa shape index (κ1) is 18.6. The van der Waals surface area contributed by atoms with Crippen molar-refractivity contribution in [2.45, 2.75) is 26.3 Å². The van der Waals surface area contributed by atoms with Crippen molar-refractivity contribution in [1.29, 1.82) is 0 Å². The van der Waals surface area contributed by atoms with Gasteiger partial charge in [0.05, 0.1) is 12.0 Å². The van der Waals surface area contributed by atoms with Crippen LogP contribution in [-0.2, 0) is 9.59 Å². The Labute approximate surface area is 141 Å². The third-order valence-corrected chi connectivity index (χ3v) is 3.89. The van der Waals surface area contributed by atoms with E-state index in [1.807, 2.05) is 0 Å². The van der Waals surface area contributed by atoms with Gasteiger partial charge in [0, 0.05) is 18.4 Å². The predicted molar refractivity (Wildman–Crippen MR) is 57.8 cm³/mol. The molecule has 0 aliphatic heterocycles. The molecule has 1 amide bonds. The summed E-state index contributed by atoms with van der Waals surface area (Å²) < 4.78 is 0. The van der Waals surface area contributed by atoms with Crippen molar-refractivity contribution in [2.24, 2.45) is 0 Å². The summed E-state index contributed by atoms with van der Waals surface area (Å²) in [5.74, 6) is -0.262. The number of aliphatic carboxylic acids is 1. The number of hydrogen-bond acceptors (Lipinski definition) is 5. The molecule has 4 nitrogen and oxygen atoms in total. The second-order valence-electron chi connectivity index (χ2n) is 2.68. The molecule has 1 N–H and O–H groups in total. The Bertz CT molecular complexity index is 204. The summed E-state index contributed by atoms with van der Waals surface area (Å²) >= 11 is 0. The molecule has 7 heteroatoms. The standard InChI is InChI=1S/C8H15NO3S2.K/c1-3-4-13-14-5-7(8(11)12)9-6(2)10;/h7H,3-5H2,1-2H3,(H,9,10)(H,11,12);/q;+1/p-1/t7-;/m0./s1. The summed E-state index contributed by atoms with van der Waals surface area (Å²) in [6.07, 6.45) is 1.05. The van der Waals surface area contributed by atoms with Crippen molar-refractivity contribution in [3.05, 3.63) is 0 Å². The van der Waals surface area contributed by atoms with Crippen molar-refractivity contribution in [2.75, 3.05) is 11.5 Å². The van der Waals surface area contributed by atoms with E-state index < -0.39 is 12.0 Å². The average Bonchev–Trinajstić information content (AvgIpc) is 2.09. The molecule has 0 radical (unpaired) electrons. The van der Waals surface area contributed by atoms with Gasteiger partial charge in [0.2, 0.25) is 5.91 Å². The minimum Gasteiger partial charge on any atom is -0.548 e. The Balaban J connectivity index is 0. The van der Waals surface area contributed by atoms with Gasteiger partial charge >= 0.3 is 51.4 Å². The summed E-state index contributed by atoms with van der Waals surface area (Å²) in [6.45, 7) is 3.34. The van der Waals surface area contributed by atoms with Crippen LogP contribution >= 0.6 is 21.6 Å². The number of carbonyl (C=O) groups is 2. The maximum Gasteiger partial charge on any atom is 1.00 e.